The molecule has 0 bridgehead atoms. The summed E-state index contributed by atoms with van der Waals surface area (Å²) in [6, 6.07) is 19.7. The van der Waals surface area contributed by atoms with E-state index in [4.69, 9.17) is 14.9 Å². The molecule has 3 aromatic carbocycles. The Morgan fingerprint density at radius 1 is 1.00 bits per heavy atom. The fraction of sp³-hybridized carbons (Fsp3) is 0. The van der Waals surface area contributed by atoms with Gasteiger partial charge in [-0.05, 0) is 36.4 Å². The zero-order valence-electron chi connectivity index (χ0n) is 15.0. The lowest BCUT2D eigenvalue weighted by Gasteiger charge is -2.09. The summed E-state index contributed by atoms with van der Waals surface area (Å²) in [5.74, 6) is 0.854. The third-order valence-corrected chi connectivity index (χ3v) is 5.40. The third-order valence-electron chi connectivity index (χ3n) is 4.48. The first-order chi connectivity index (χ1) is 14.1. The largest absolute Gasteiger partial charge is 0.502 e. The van der Waals surface area contributed by atoms with Gasteiger partial charge in [0.25, 0.3) is 0 Å². The molecule has 5 aromatic rings. The first-order valence-corrected chi connectivity index (χ1v) is 9.60. The van der Waals surface area contributed by atoms with E-state index in [1.807, 2.05) is 30.3 Å². The molecule has 0 aliphatic rings. The molecule has 0 aliphatic carbocycles. The van der Waals surface area contributed by atoms with Gasteiger partial charge in [-0.1, -0.05) is 41.7 Å². The molecule has 142 valence electrons. The van der Waals surface area contributed by atoms with Crippen molar-refractivity contribution in [3.8, 4) is 28.6 Å². The molecule has 5 rings (SSSR count). The Labute approximate surface area is 168 Å². The predicted molar refractivity (Wildman–Crippen MR) is 114 cm³/mol. The number of hydrogen-bond donors (Lipinski definition) is 2. The number of ether oxygens (including phenoxy) is 1. The average Bonchev–Trinajstić information content (AvgIpc) is 3.11. The van der Waals surface area contributed by atoms with Crippen LogP contribution in [0.1, 0.15) is 0 Å². The van der Waals surface area contributed by atoms with E-state index >= 15 is 0 Å². The first-order valence-electron chi connectivity index (χ1n) is 8.78. The normalized spacial score (nSPS) is 11.2. The summed E-state index contributed by atoms with van der Waals surface area (Å²) in [6.45, 7) is 0. The van der Waals surface area contributed by atoms with E-state index < -0.39 is 11.2 Å². The number of hydrogen-bond acceptors (Lipinski definition) is 7. The van der Waals surface area contributed by atoms with Crippen LogP contribution in [0.25, 0.3) is 32.5 Å². The molecule has 0 aliphatic heterocycles. The number of para-hydroxylation sites is 1. The maximum atomic E-state index is 12.9. The molecular formula is C22H14N2O4S. The van der Waals surface area contributed by atoms with E-state index in [-0.39, 0.29) is 11.1 Å². The zero-order chi connectivity index (χ0) is 20.0. The van der Waals surface area contributed by atoms with Gasteiger partial charge < -0.3 is 20.0 Å². The highest BCUT2D eigenvalue weighted by molar-refractivity contribution is 7.23. The number of anilines is 1. The van der Waals surface area contributed by atoms with Crippen molar-refractivity contribution in [1.29, 1.82) is 0 Å². The predicted octanol–water partition coefficient (Wildman–Crippen LogP) is 5.15. The molecule has 0 unspecified atom stereocenters. The first kappa shape index (κ1) is 17.3. The molecule has 0 atom stereocenters. The van der Waals surface area contributed by atoms with Gasteiger partial charge in [-0.25, -0.2) is 4.98 Å². The van der Waals surface area contributed by atoms with Crippen LogP contribution in [0.5, 0.6) is 17.2 Å². The maximum absolute atomic E-state index is 12.9. The van der Waals surface area contributed by atoms with Gasteiger partial charge in [-0.3, -0.25) is 4.79 Å². The van der Waals surface area contributed by atoms with E-state index in [1.165, 1.54) is 11.3 Å². The zero-order valence-corrected chi connectivity index (χ0v) is 15.8. The van der Waals surface area contributed by atoms with Crippen LogP contribution < -0.4 is 15.9 Å². The molecule has 0 saturated heterocycles. The highest BCUT2D eigenvalue weighted by Gasteiger charge is 2.19. The molecule has 0 amide bonds. The summed E-state index contributed by atoms with van der Waals surface area (Å²) in [6.07, 6.45) is 0. The monoisotopic (exact) mass is 402 g/mol. The molecule has 3 N–H and O–H groups in total. The van der Waals surface area contributed by atoms with Gasteiger partial charge in [0, 0.05) is 5.56 Å². The lowest BCUT2D eigenvalue weighted by atomic mass is 10.1. The quantitative estimate of drug-likeness (QED) is 0.433. The molecule has 0 spiro atoms. The third kappa shape index (κ3) is 2.97. The summed E-state index contributed by atoms with van der Waals surface area (Å²) in [5.41, 5.74) is 6.72. The summed E-state index contributed by atoms with van der Waals surface area (Å²) in [7, 11) is 0. The molecule has 6 nitrogen and oxygen atoms in total. The smallest absolute Gasteiger partial charge is 0.236 e. The van der Waals surface area contributed by atoms with E-state index in [2.05, 4.69) is 4.98 Å². The number of benzene rings is 3. The molecular weight excluding hydrogens is 388 g/mol. The minimum absolute atomic E-state index is 0.0813. The summed E-state index contributed by atoms with van der Waals surface area (Å²) in [4.78, 5) is 17.1. The number of nitrogens with zero attached hydrogens (tertiary/aromatic N) is 1. The van der Waals surface area contributed by atoms with Crippen LogP contribution in [-0.4, -0.2) is 10.1 Å². The van der Waals surface area contributed by atoms with E-state index in [0.29, 0.717) is 38.0 Å². The summed E-state index contributed by atoms with van der Waals surface area (Å²) in [5, 5.41) is 11.2. The van der Waals surface area contributed by atoms with Crippen LogP contribution in [0, 0.1) is 0 Å². The van der Waals surface area contributed by atoms with Crippen molar-refractivity contribution in [2.24, 2.45) is 0 Å². The fourth-order valence-corrected chi connectivity index (χ4v) is 4.06. The van der Waals surface area contributed by atoms with Gasteiger partial charge in [0.2, 0.25) is 11.2 Å². The van der Waals surface area contributed by atoms with Crippen molar-refractivity contribution in [2.45, 2.75) is 0 Å². The van der Waals surface area contributed by atoms with Crippen molar-refractivity contribution >= 4 is 37.7 Å². The Morgan fingerprint density at radius 2 is 1.79 bits per heavy atom. The Kier molecular flexibility index (Phi) is 3.96. The second-order valence-corrected chi connectivity index (χ2v) is 7.42. The van der Waals surface area contributed by atoms with E-state index in [0.717, 1.165) is 0 Å². The Bertz CT molecular complexity index is 1420. The van der Waals surface area contributed by atoms with Crippen molar-refractivity contribution in [1.82, 2.24) is 4.98 Å². The Balaban J connectivity index is 1.66. The lowest BCUT2D eigenvalue weighted by Crippen LogP contribution is -2.02. The van der Waals surface area contributed by atoms with Crippen molar-refractivity contribution in [3.05, 3.63) is 77.0 Å². The van der Waals surface area contributed by atoms with Crippen molar-refractivity contribution in [2.75, 3.05) is 5.73 Å². The highest BCUT2D eigenvalue weighted by Crippen LogP contribution is 2.36. The number of fused-ring (bicyclic) bond motifs is 3. The van der Waals surface area contributed by atoms with Gasteiger partial charge in [-0.15, -0.1) is 0 Å². The Hall–Kier alpha value is -3.84. The standard InChI is InChI=1S/C22H14N2O4S/c23-22-24-15-9-10-16-17(21(15)29-22)18(25)19(26)20(28-16)12-5-4-8-14(11-12)27-13-6-2-1-3-7-13/h1-11,26H,(H2,23,24). The van der Waals surface area contributed by atoms with Crippen LogP contribution in [0.15, 0.2) is 75.9 Å². The lowest BCUT2D eigenvalue weighted by molar-refractivity contribution is 0.449. The second-order valence-electron chi connectivity index (χ2n) is 6.39. The van der Waals surface area contributed by atoms with Crippen molar-refractivity contribution < 1.29 is 14.3 Å². The van der Waals surface area contributed by atoms with Crippen LogP contribution in [0.3, 0.4) is 0 Å². The average molecular weight is 402 g/mol. The minimum atomic E-state index is -0.523. The number of nitrogen functional groups attached to an aromatic ring is 1. The Morgan fingerprint density at radius 3 is 2.62 bits per heavy atom. The van der Waals surface area contributed by atoms with Gasteiger partial charge in [0.1, 0.15) is 17.1 Å². The number of aromatic nitrogens is 1. The molecule has 29 heavy (non-hydrogen) atoms. The van der Waals surface area contributed by atoms with Crippen LogP contribution >= 0.6 is 11.3 Å². The summed E-state index contributed by atoms with van der Waals surface area (Å²) < 4.78 is 12.3. The van der Waals surface area contributed by atoms with Gasteiger partial charge in [0.15, 0.2) is 10.9 Å². The highest BCUT2D eigenvalue weighted by atomic mass is 32.1. The maximum Gasteiger partial charge on any atom is 0.236 e. The van der Waals surface area contributed by atoms with Gasteiger partial charge in [0.05, 0.1) is 15.6 Å². The SMILES string of the molecule is Nc1nc2ccc3oc(-c4cccc(Oc5ccccc5)c4)c(O)c(=O)c3c2s1. The molecule has 0 radical (unpaired) electrons. The molecule has 0 saturated carbocycles. The molecule has 7 heteroatoms. The van der Waals surface area contributed by atoms with E-state index in [1.54, 1.807) is 36.4 Å². The number of aromatic hydroxyl groups is 1. The fourth-order valence-electron chi connectivity index (χ4n) is 3.19. The minimum Gasteiger partial charge on any atom is -0.502 e. The molecule has 2 aromatic heterocycles. The topological polar surface area (TPSA) is 98.6 Å². The van der Waals surface area contributed by atoms with Gasteiger partial charge in [-0.2, -0.15) is 0 Å². The van der Waals surface area contributed by atoms with E-state index in [9.17, 15) is 9.90 Å². The molecule has 0 fully saturated rings. The van der Waals surface area contributed by atoms with Crippen LogP contribution in [0.4, 0.5) is 5.13 Å². The molecule has 2 heterocycles. The van der Waals surface area contributed by atoms with Crippen LogP contribution in [0.2, 0.25) is 0 Å². The number of rotatable bonds is 3. The summed E-state index contributed by atoms with van der Waals surface area (Å²) >= 11 is 1.19. The van der Waals surface area contributed by atoms with Crippen LogP contribution in [-0.2, 0) is 0 Å². The van der Waals surface area contributed by atoms with Gasteiger partial charge >= 0.3 is 0 Å². The van der Waals surface area contributed by atoms with Crippen molar-refractivity contribution in [3.63, 3.8) is 0 Å². The number of thiazole rings is 1. The number of nitrogens with two attached hydrogens (primary N) is 1. The second kappa shape index (κ2) is 6.65.